The zero-order valence-electron chi connectivity index (χ0n) is 18.7. The fourth-order valence-electron chi connectivity index (χ4n) is 3.48. The SMILES string of the molecule is CCN(CCc1nc2ccccc2s1)C(=S)SC(=S)N(CC)CCc1nc2ccccc2s1. The van der Waals surface area contributed by atoms with Crippen molar-refractivity contribution < 1.29 is 0 Å². The Balaban J connectivity index is 1.30. The summed E-state index contributed by atoms with van der Waals surface area (Å²) in [4.78, 5) is 13.9. The van der Waals surface area contributed by atoms with Gasteiger partial charge in [-0.15, -0.1) is 22.7 Å². The monoisotopic (exact) mass is 530 g/mol. The Labute approximate surface area is 218 Å². The molecule has 0 unspecified atom stereocenters. The van der Waals surface area contributed by atoms with Gasteiger partial charge in [0.1, 0.15) is 8.64 Å². The molecule has 9 heteroatoms. The molecule has 172 valence electrons. The molecule has 0 atom stereocenters. The van der Waals surface area contributed by atoms with E-state index in [-0.39, 0.29) is 0 Å². The van der Waals surface area contributed by atoms with E-state index >= 15 is 0 Å². The lowest BCUT2D eigenvalue weighted by molar-refractivity contribution is 0.456. The molecule has 0 radical (unpaired) electrons. The average Bonchev–Trinajstić information content (AvgIpc) is 3.43. The third-order valence-corrected chi connectivity index (χ3v) is 9.40. The van der Waals surface area contributed by atoms with E-state index in [1.54, 1.807) is 22.7 Å². The predicted molar refractivity (Wildman–Crippen MR) is 154 cm³/mol. The summed E-state index contributed by atoms with van der Waals surface area (Å²) in [6.45, 7) is 7.69. The van der Waals surface area contributed by atoms with E-state index in [9.17, 15) is 0 Å². The molecule has 0 saturated heterocycles. The van der Waals surface area contributed by atoms with Gasteiger partial charge in [-0.3, -0.25) is 0 Å². The second-order valence-corrected chi connectivity index (χ2v) is 11.9. The van der Waals surface area contributed by atoms with Crippen LogP contribution in [0.4, 0.5) is 0 Å². The second kappa shape index (κ2) is 11.7. The zero-order chi connectivity index (χ0) is 23.2. The molecule has 0 bridgehead atoms. The van der Waals surface area contributed by atoms with Crippen LogP contribution in [0.25, 0.3) is 20.4 Å². The van der Waals surface area contributed by atoms with E-state index in [1.807, 2.05) is 12.1 Å². The van der Waals surface area contributed by atoms with Gasteiger partial charge in [-0.1, -0.05) is 48.7 Å². The first-order chi connectivity index (χ1) is 16.1. The number of fused-ring (bicyclic) bond motifs is 2. The molecule has 0 spiro atoms. The molecular formula is C24H26N4S5. The fraction of sp³-hybridized carbons (Fsp3) is 0.333. The molecule has 0 fully saturated rings. The first-order valence-electron chi connectivity index (χ1n) is 11.0. The Hall–Kier alpha value is -1.65. The maximum absolute atomic E-state index is 5.77. The Morgan fingerprint density at radius 3 is 1.58 bits per heavy atom. The van der Waals surface area contributed by atoms with E-state index in [0.717, 1.165) is 68.7 Å². The quantitative estimate of drug-likeness (QED) is 0.236. The summed E-state index contributed by atoms with van der Waals surface area (Å²) in [5, 5.41) is 2.30. The highest BCUT2D eigenvalue weighted by Gasteiger charge is 2.16. The molecule has 0 N–H and O–H groups in total. The van der Waals surface area contributed by atoms with Gasteiger partial charge >= 0.3 is 0 Å². The summed E-state index contributed by atoms with van der Waals surface area (Å²) in [5.41, 5.74) is 2.15. The molecule has 2 aromatic heterocycles. The molecule has 0 aliphatic rings. The van der Waals surface area contributed by atoms with Crippen molar-refractivity contribution in [2.24, 2.45) is 0 Å². The third kappa shape index (κ3) is 6.27. The van der Waals surface area contributed by atoms with Crippen LogP contribution in [0.1, 0.15) is 23.9 Å². The minimum absolute atomic E-state index is 0.835. The molecule has 2 heterocycles. The first-order valence-corrected chi connectivity index (χ1v) is 14.3. The van der Waals surface area contributed by atoms with Crippen molar-refractivity contribution in [2.75, 3.05) is 26.2 Å². The number of benzene rings is 2. The smallest absolute Gasteiger partial charge is 0.143 e. The van der Waals surface area contributed by atoms with Crippen LogP contribution in [-0.4, -0.2) is 54.6 Å². The van der Waals surface area contributed by atoms with Gasteiger partial charge in [-0.05, 0) is 49.9 Å². The van der Waals surface area contributed by atoms with Gasteiger partial charge in [-0.2, -0.15) is 0 Å². The third-order valence-electron chi connectivity index (χ3n) is 5.32. The summed E-state index contributed by atoms with van der Waals surface area (Å²) in [6, 6.07) is 16.6. The highest BCUT2D eigenvalue weighted by Crippen LogP contribution is 2.24. The van der Waals surface area contributed by atoms with Crippen LogP contribution in [0, 0.1) is 0 Å². The summed E-state index contributed by atoms with van der Waals surface area (Å²) in [7, 11) is 0. The van der Waals surface area contributed by atoms with E-state index in [4.69, 9.17) is 34.4 Å². The molecule has 0 aliphatic heterocycles. The van der Waals surface area contributed by atoms with E-state index in [1.165, 1.54) is 21.2 Å². The number of aromatic nitrogens is 2. The summed E-state index contributed by atoms with van der Waals surface area (Å²) < 4.78 is 4.14. The van der Waals surface area contributed by atoms with Crippen LogP contribution >= 0.6 is 58.9 Å². The van der Waals surface area contributed by atoms with Crippen molar-refractivity contribution in [3.63, 3.8) is 0 Å². The minimum Gasteiger partial charge on any atom is -0.357 e. The molecule has 33 heavy (non-hydrogen) atoms. The Kier molecular flexibility index (Phi) is 8.65. The lowest BCUT2D eigenvalue weighted by Crippen LogP contribution is -2.34. The fourth-order valence-corrected chi connectivity index (χ4v) is 7.31. The van der Waals surface area contributed by atoms with Crippen LogP contribution < -0.4 is 0 Å². The van der Waals surface area contributed by atoms with Crippen LogP contribution in [0.2, 0.25) is 0 Å². The largest absolute Gasteiger partial charge is 0.357 e. The number of likely N-dealkylation sites (N-methyl/N-ethyl adjacent to an activating group) is 2. The topological polar surface area (TPSA) is 32.3 Å². The predicted octanol–water partition coefficient (Wildman–Crippen LogP) is 6.64. The van der Waals surface area contributed by atoms with Crippen molar-refractivity contribution in [1.29, 1.82) is 0 Å². The maximum atomic E-state index is 5.77. The summed E-state index contributed by atoms with van der Waals surface area (Å²) in [6.07, 6.45) is 1.77. The van der Waals surface area contributed by atoms with Gasteiger partial charge < -0.3 is 9.80 Å². The van der Waals surface area contributed by atoms with Crippen molar-refractivity contribution in [3.8, 4) is 0 Å². The van der Waals surface area contributed by atoms with Crippen LogP contribution in [0.3, 0.4) is 0 Å². The van der Waals surface area contributed by atoms with E-state index < -0.39 is 0 Å². The summed E-state index contributed by atoms with van der Waals surface area (Å²) in [5.74, 6) is 0. The summed E-state index contributed by atoms with van der Waals surface area (Å²) >= 11 is 16.6. The first kappa shape index (κ1) is 24.5. The Morgan fingerprint density at radius 2 is 1.18 bits per heavy atom. The number of para-hydroxylation sites is 2. The van der Waals surface area contributed by atoms with Gasteiger partial charge in [0.25, 0.3) is 0 Å². The molecule has 0 aliphatic carbocycles. The molecule has 4 aromatic rings. The van der Waals surface area contributed by atoms with Gasteiger partial charge in [-0.25, -0.2) is 9.97 Å². The van der Waals surface area contributed by atoms with Crippen molar-refractivity contribution in [3.05, 3.63) is 58.5 Å². The number of thioether (sulfide) groups is 1. The van der Waals surface area contributed by atoms with Gasteiger partial charge in [0.05, 0.1) is 30.4 Å². The maximum Gasteiger partial charge on any atom is 0.143 e. The number of thiazole rings is 2. The van der Waals surface area contributed by atoms with E-state index in [2.05, 4.69) is 60.0 Å². The molecule has 4 nitrogen and oxygen atoms in total. The van der Waals surface area contributed by atoms with Crippen LogP contribution in [0.15, 0.2) is 48.5 Å². The number of rotatable bonds is 8. The molecular weight excluding hydrogens is 505 g/mol. The number of thiocarbonyl (C=S) groups is 2. The minimum atomic E-state index is 0.835. The molecule has 2 aromatic carbocycles. The van der Waals surface area contributed by atoms with Gasteiger partial charge in [0.2, 0.25) is 0 Å². The zero-order valence-corrected chi connectivity index (χ0v) is 22.8. The van der Waals surface area contributed by atoms with Gasteiger partial charge in [0, 0.05) is 39.0 Å². The Morgan fingerprint density at radius 1 is 0.758 bits per heavy atom. The van der Waals surface area contributed by atoms with Crippen molar-refractivity contribution in [1.82, 2.24) is 19.8 Å². The standard InChI is InChI=1S/C24H26N4S5/c1-3-27(15-13-21-25-17-9-5-7-11-19(17)31-21)23(29)33-24(30)28(4-2)16-14-22-26-18-10-6-8-12-20(18)32-22/h5-12H,3-4,13-16H2,1-2H3. The molecule has 0 saturated carbocycles. The Bertz CT molecular complexity index is 1090. The lowest BCUT2D eigenvalue weighted by Gasteiger charge is -2.27. The van der Waals surface area contributed by atoms with Gasteiger partial charge in [0.15, 0.2) is 0 Å². The normalized spacial score (nSPS) is 11.2. The van der Waals surface area contributed by atoms with Crippen LogP contribution in [0.5, 0.6) is 0 Å². The highest BCUT2D eigenvalue weighted by atomic mass is 32.2. The highest BCUT2D eigenvalue weighted by molar-refractivity contribution is 8.37. The lowest BCUT2D eigenvalue weighted by atomic mass is 10.3. The van der Waals surface area contributed by atoms with E-state index in [0.29, 0.717) is 0 Å². The number of hydrogen-bond acceptors (Lipinski definition) is 7. The number of hydrogen-bond donors (Lipinski definition) is 0. The van der Waals surface area contributed by atoms with Crippen molar-refractivity contribution >= 4 is 87.9 Å². The molecule has 0 amide bonds. The van der Waals surface area contributed by atoms with Crippen molar-refractivity contribution in [2.45, 2.75) is 26.7 Å². The second-order valence-electron chi connectivity index (χ2n) is 7.44. The van der Waals surface area contributed by atoms with Crippen LogP contribution in [-0.2, 0) is 12.8 Å². The average molecular weight is 531 g/mol. The molecule has 4 rings (SSSR count). The number of nitrogens with zero attached hydrogens (tertiary/aromatic N) is 4.